The van der Waals surface area contributed by atoms with E-state index >= 15 is 0 Å². The molecular formula is C16H31NO. The van der Waals surface area contributed by atoms with E-state index in [1.165, 1.54) is 51.4 Å². The van der Waals surface area contributed by atoms with Gasteiger partial charge in [0.15, 0.2) is 0 Å². The smallest absolute Gasteiger partial charge is 0.0693 e. The molecule has 0 heterocycles. The minimum atomic E-state index is -0.105. The maximum absolute atomic E-state index is 10.2. The van der Waals surface area contributed by atoms with Crippen LogP contribution in [-0.4, -0.2) is 23.3 Å². The molecule has 106 valence electrons. The third-order valence-corrected chi connectivity index (χ3v) is 5.09. The molecule has 2 rings (SSSR count). The maximum atomic E-state index is 10.2. The summed E-state index contributed by atoms with van der Waals surface area (Å²) >= 11 is 0. The van der Waals surface area contributed by atoms with Gasteiger partial charge < -0.3 is 10.4 Å². The molecule has 0 spiro atoms. The summed E-state index contributed by atoms with van der Waals surface area (Å²) in [5.74, 6) is 1.70. The molecule has 2 fully saturated rings. The Labute approximate surface area is 113 Å². The zero-order chi connectivity index (χ0) is 13.0. The lowest BCUT2D eigenvalue weighted by Crippen LogP contribution is -2.47. The summed E-state index contributed by atoms with van der Waals surface area (Å²) in [7, 11) is 0. The van der Waals surface area contributed by atoms with Crippen molar-refractivity contribution in [1.82, 2.24) is 5.32 Å². The second-order valence-corrected chi connectivity index (χ2v) is 6.85. The number of aliphatic hydroxyl groups is 1. The highest BCUT2D eigenvalue weighted by atomic mass is 16.3. The fourth-order valence-electron chi connectivity index (χ4n) is 3.77. The van der Waals surface area contributed by atoms with Crippen LogP contribution in [-0.2, 0) is 0 Å². The van der Waals surface area contributed by atoms with Gasteiger partial charge in [-0.15, -0.1) is 0 Å². The topological polar surface area (TPSA) is 32.3 Å². The number of aliphatic hydroxyl groups excluding tert-OH is 1. The Morgan fingerprint density at radius 3 is 2.50 bits per heavy atom. The minimum absolute atomic E-state index is 0.105. The van der Waals surface area contributed by atoms with Crippen LogP contribution in [0.4, 0.5) is 0 Å². The molecule has 0 amide bonds. The van der Waals surface area contributed by atoms with Gasteiger partial charge in [0.2, 0.25) is 0 Å². The molecule has 2 heteroatoms. The molecule has 0 saturated heterocycles. The molecule has 2 aliphatic carbocycles. The Kier molecular flexibility index (Phi) is 5.50. The van der Waals surface area contributed by atoms with Crippen molar-refractivity contribution in [2.24, 2.45) is 11.8 Å². The van der Waals surface area contributed by atoms with Crippen LogP contribution in [0.3, 0.4) is 0 Å². The van der Waals surface area contributed by atoms with Gasteiger partial charge in [0.25, 0.3) is 0 Å². The van der Waals surface area contributed by atoms with E-state index in [2.05, 4.69) is 19.2 Å². The summed E-state index contributed by atoms with van der Waals surface area (Å²) in [5, 5.41) is 14.0. The average Bonchev–Trinajstić information content (AvgIpc) is 2.55. The monoisotopic (exact) mass is 253 g/mol. The highest BCUT2D eigenvalue weighted by Crippen LogP contribution is 2.31. The van der Waals surface area contributed by atoms with E-state index in [-0.39, 0.29) is 6.10 Å². The summed E-state index contributed by atoms with van der Waals surface area (Å²) in [5.41, 5.74) is 0. The molecule has 0 aromatic rings. The molecule has 0 aliphatic heterocycles. The van der Waals surface area contributed by atoms with E-state index in [0.717, 1.165) is 18.3 Å². The molecule has 4 atom stereocenters. The van der Waals surface area contributed by atoms with E-state index in [0.29, 0.717) is 12.1 Å². The van der Waals surface area contributed by atoms with Crippen LogP contribution in [0.2, 0.25) is 0 Å². The van der Waals surface area contributed by atoms with Gasteiger partial charge in [0, 0.05) is 12.1 Å². The zero-order valence-electron chi connectivity index (χ0n) is 12.2. The Balaban J connectivity index is 1.83. The van der Waals surface area contributed by atoms with Gasteiger partial charge in [0.1, 0.15) is 0 Å². The van der Waals surface area contributed by atoms with Crippen molar-refractivity contribution in [2.75, 3.05) is 0 Å². The third-order valence-electron chi connectivity index (χ3n) is 5.09. The predicted octanol–water partition coefficient (Wildman–Crippen LogP) is 3.48. The van der Waals surface area contributed by atoms with Crippen LogP contribution in [0.1, 0.15) is 71.6 Å². The molecule has 0 aromatic heterocycles. The standard InChI is InChI=1S/C16H31NO/c1-12(2)13-7-6-8-14(11-13)17-15-9-4-3-5-10-16(15)18/h12-18H,3-11H2,1-2H3. The summed E-state index contributed by atoms with van der Waals surface area (Å²) in [4.78, 5) is 0. The largest absolute Gasteiger partial charge is 0.392 e. The quantitative estimate of drug-likeness (QED) is 0.755. The zero-order valence-corrected chi connectivity index (χ0v) is 12.2. The van der Waals surface area contributed by atoms with Crippen molar-refractivity contribution >= 4 is 0 Å². The summed E-state index contributed by atoms with van der Waals surface area (Å²) in [6.45, 7) is 4.71. The summed E-state index contributed by atoms with van der Waals surface area (Å²) < 4.78 is 0. The first kappa shape index (κ1) is 14.3. The fraction of sp³-hybridized carbons (Fsp3) is 1.00. The first-order valence-electron chi connectivity index (χ1n) is 8.11. The Morgan fingerprint density at radius 2 is 1.72 bits per heavy atom. The Morgan fingerprint density at radius 1 is 0.944 bits per heavy atom. The molecule has 2 aliphatic rings. The number of hydrogen-bond acceptors (Lipinski definition) is 2. The fourth-order valence-corrected chi connectivity index (χ4v) is 3.77. The van der Waals surface area contributed by atoms with Gasteiger partial charge in [-0.2, -0.15) is 0 Å². The molecule has 4 unspecified atom stereocenters. The SMILES string of the molecule is CC(C)C1CCCC(NC2CCCCCC2O)C1. The molecular weight excluding hydrogens is 222 g/mol. The maximum Gasteiger partial charge on any atom is 0.0693 e. The first-order chi connectivity index (χ1) is 8.66. The molecule has 0 aromatic carbocycles. The predicted molar refractivity (Wildman–Crippen MR) is 76.6 cm³/mol. The third kappa shape index (κ3) is 3.96. The second kappa shape index (κ2) is 6.91. The lowest BCUT2D eigenvalue weighted by molar-refractivity contribution is 0.103. The van der Waals surface area contributed by atoms with Crippen molar-refractivity contribution in [3.05, 3.63) is 0 Å². The van der Waals surface area contributed by atoms with E-state index in [1.54, 1.807) is 0 Å². The lowest BCUT2D eigenvalue weighted by atomic mass is 9.79. The Hall–Kier alpha value is -0.0800. The van der Waals surface area contributed by atoms with Gasteiger partial charge >= 0.3 is 0 Å². The van der Waals surface area contributed by atoms with E-state index in [4.69, 9.17) is 0 Å². The first-order valence-corrected chi connectivity index (χ1v) is 8.11. The lowest BCUT2D eigenvalue weighted by Gasteiger charge is -2.35. The second-order valence-electron chi connectivity index (χ2n) is 6.85. The number of hydrogen-bond donors (Lipinski definition) is 2. The summed E-state index contributed by atoms with van der Waals surface area (Å²) in [6, 6.07) is 1.02. The van der Waals surface area contributed by atoms with Crippen molar-refractivity contribution in [3.63, 3.8) is 0 Å². The molecule has 0 radical (unpaired) electrons. The van der Waals surface area contributed by atoms with E-state index < -0.39 is 0 Å². The molecule has 2 saturated carbocycles. The van der Waals surface area contributed by atoms with Gasteiger partial charge in [-0.05, 0) is 37.5 Å². The van der Waals surface area contributed by atoms with Gasteiger partial charge in [0.05, 0.1) is 6.10 Å². The highest BCUT2D eigenvalue weighted by molar-refractivity contribution is 4.86. The normalized spacial score (nSPS) is 38.7. The minimum Gasteiger partial charge on any atom is -0.392 e. The van der Waals surface area contributed by atoms with Crippen LogP contribution >= 0.6 is 0 Å². The molecule has 2 N–H and O–H groups in total. The number of rotatable bonds is 3. The average molecular weight is 253 g/mol. The Bertz CT molecular complexity index is 241. The van der Waals surface area contributed by atoms with Crippen LogP contribution in [0.25, 0.3) is 0 Å². The van der Waals surface area contributed by atoms with Crippen LogP contribution < -0.4 is 5.32 Å². The molecule has 0 bridgehead atoms. The van der Waals surface area contributed by atoms with Gasteiger partial charge in [-0.3, -0.25) is 0 Å². The van der Waals surface area contributed by atoms with Crippen molar-refractivity contribution in [2.45, 2.75) is 89.8 Å². The molecule has 2 nitrogen and oxygen atoms in total. The van der Waals surface area contributed by atoms with Crippen molar-refractivity contribution < 1.29 is 5.11 Å². The van der Waals surface area contributed by atoms with Crippen LogP contribution in [0.15, 0.2) is 0 Å². The van der Waals surface area contributed by atoms with Crippen LogP contribution in [0, 0.1) is 11.8 Å². The number of nitrogens with one attached hydrogen (secondary N) is 1. The molecule has 18 heavy (non-hydrogen) atoms. The van der Waals surface area contributed by atoms with Crippen LogP contribution in [0.5, 0.6) is 0 Å². The van der Waals surface area contributed by atoms with Crippen molar-refractivity contribution in [3.8, 4) is 0 Å². The van der Waals surface area contributed by atoms with E-state index in [9.17, 15) is 5.11 Å². The van der Waals surface area contributed by atoms with Gasteiger partial charge in [-0.1, -0.05) is 46.0 Å². The summed E-state index contributed by atoms with van der Waals surface area (Å²) in [6.07, 6.45) is 11.3. The van der Waals surface area contributed by atoms with Gasteiger partial charge in [-0.25, -0.2) is 0 Å². The highest BCUT2D eigenvalue weighted by Gasteiger charge is 2.28. The van der Waals surface area contributed by atoms with Crippen molar-refractivity contribution in [1.29, 1.82) is 0 Å². The van der Waals surface area contributed by atoms with E-state index in [1.807, 2.05) is 0 Å².